The van der Waals surface area contributed by atoms with Gasteiger partial charge in [-0.1, -0.05) is 23.9 Å². The summed E-state index contributed by atoms with van der Waals surface area (Å²) in [4.78, 5) is 21.5. The maximum Gasteiger partial charge on any atom is 0.211 e. The van der Waals surface area contributed by atoms with Gasteiger partial charge in [0.1, 0.15) is 12.1 Å². The fourth-order valence-corrected chi connectivity index (χ4v) is 3.89. The molecule has 0 bridgehead atoms. The summed E-state index contributed by atoms with van der Waals surface area (Å²) >= 11 is 1.62. The first-order valence-corrected chi connectivity index (χ1v) is 10.1. The molecule has 0 aliphatic carbocycles. The van der Waals surface area contributed by atoms with E-state index in [4.69, 9.17) is 0 Å². The molecule has 2 N–H and O–H groups in total. The zero-order chi connectivity index (χ0) is 20.2. The highest BCUT2D eigenvalue weighted by Gasteiger charge is 2.14. The van der Waals surface area contributed by atoms with Gasteiger partial charge in [0.05, 0.1) is 16.6 Å². The molecule has 8 nitrogen and oxygen atoms in total. The number of carbonyl (C=O) groups is 1. The summed E-state index contributed by atoms with van der Waals surface area (Å²) in [5.41, 5.74) is 4.31. The van der Waals surface area contributed by atoms with Gasteiger partial charge >= 0.3 is 0 Å². The van der Waals surface area contributed by atoms with Gasteiger partial charge in [-0.2, -0.15) is 5.10 Å². The molecule has 2 aromatic heterocycles. The lowest BCUT2D eigenvalue weighted by molar-refractivity contribution is -0.108. The molecular formula is C20H21N7OS. The Morgan fingerprint density at radius 2 is 2.10 bits per heavy atom. The molecule has 4 rings (SSSR count). The summed E-state index contributed by atoms with van der Waals surface area (Å²) < 4.78 is 1.73. The number of aromatic nitrogens is 4. The highest BCUT2D eigenvalue weighted by atomic mass is 32.2. The van der Waals surface area contributed by atoms with Crippen LogP contribution in [-0.2, 0) is 18.4 Å². The topological polar surface area (TPSA) is 88.0 Å². The summed E-state index contributed by atoms with van der Waals surface area (Å²) in [5.74, 6) is 2.26. The van der Waals surface area contributed by atoms with Crippen LogP contribution in [0.4, 0.5) is 11.6 Å². The molecule has 29 heavy (non-hydrogen) atoms. The molecule has 0 saturated heterocycles. The second-order valence-corrected chi connectivity index (χ2v) is 7.69. The second kappa shape index (κ2) is 8.36. The molecule has 1 aliphatic rings. The predicted molar refractivity (Wildman–Crippen MR) is 114 cm³/mol. The zero-order valence-corrected chi connectivity index (χ0v) is 17.0. The molecule has 3 aromatic rings. The van der Waals surface area contributed by atoms with Gasteiger partial charge in [0, 0.05) is 43.7 Å². The monoisotopic (exact) mass is 407 g/mol. The van der Waals surface area contributed by atoms with Crippen molar-refractivity contribution in [2.45, 2.75) is 13.5 Å². The molecule has 0 saturated carbocycles. The number of nitrogens with zero attached hydrogens (tertiary/aromatic N) is 5. The zero-order valence-electron chi connectivity index (χ0n) is 16.2. The van der Waals surface area contributed by atoms with Crippen molar-refractivity contribution in [2.24, 2.45) is 7.05 Å². The van der Waals surface area contributed by atoms with Gasteiger partial charge in [-0.25, -0.2) is 9.97 Å². The maximum absolute atomic E-state index is 10.6. The van der Waals surface area contributed by atoms with Crippen LogP contribution in [0.3, 0.4) is 0 Å². The summed E-state index contributed by atoms with van der Waals surface area (Å²) in [6, 6.07) is 10.1. The van der Waals surface area contributed by atoms with Gasteiger partial charge in [-0.15, -0.1) is 0 Å². The summed E-state index contributed by atoms with van der Waals surface area (Å²) in [6.07, 6.45) is 6.11. The second-order valence-electron chi connectivity index (χ2n) is 6.71. The van der Waals surface area contributed by atoms with E-state index >= 15 is 0 Å². The van der Waals surface area contributed by atoms with Crippen LogP contribution < -0.4 is 10.6 Å². The third kappa shape index (κ3) is 4.57. The van der Waals surface area contributed by atoms with Crippen LogP contribution in [0.5, 0.6) is 0 Å². The van der Waals surface area contributed by atoms with Crippen molar-refractivity contribution in [1.82, 2.24) is 30.0 Å². The van der Waals surface area contributed by atoms with E-state index in [1.54, 1.807) is 22.8 Å². The van der Waals surface area contributed by atoms with E-state index in [9.17, 15) is 4.79 Å². The number of hydrogen-bond donors (Lipinski definition) is 2. The lowest BCUT2D eigenvalue weighted by atomic mass is 10.0. The van der Waals surface area contributed by atoms with Crippen molar-refractivity contribution in [1.29, 1.82) is 0 Å². The van der Waals surface area contributed by atoms with E-state index in [0.717, 1.165) is 34.5 Å². The van der Waals surface area contributed by atoms with Crippen LogP contribution in [0.25, 0.3) is 11.3 Å². The van der Waals surface area contributed by atoms with E-state index in [-0.39, 0.29) is 0 Å². The summed E-state index contributed by atoms with van der Waals surface area (Å²) in [5, 5.41) is 11.1. The number of carbonyl (C=O) groups excluding carboxylic acids is 1. The molecule has 1 aromatic carbocycles. The Morgan fingerprint density at radius 1 is 1.21 bits per heavy atom. The highest BCUT2D eigenvalue weighted by Crippen LogP contribution is 2.27. The van der Waals surface area contributed by atoms with Crippen molar-refractivity contribution in [3.05, 3.63) is 65.2 Å². The maximum atomic E-state index is 10.6. The molecule has 1 amide bonds. The van der Waals surface area contributed by atoms with Crippen LogP contribution >= 0.6 is 11.8 Å². The van der Waals surface area contributed by atoms with E-state index < -0.39 is 0 Å². The molecule has 0 radical (unpaired) electrons. The average molecular weight is 408 g/mol. The van der Waals surface area contributed by atoms with Gasteiger partial charge in [0.25, 0.3) is 0 Å². The molecule has 1 aliphatic heterocycles. The van der Waals surface area contributed by atoms with Gasteiger partial charge in [0.15, 0.2) is 5.82 Å². The number of rotatable bonds is 7. The number of hydrogen-bond acceptors (Lipinski definition) is 7. The van der Waals surface area contributed by atoms with E-state index in [1.807, 2.05) is 31.6 Å². The third-order valence-electron chi connectivity index (χ3n) is 4.54. The van der Waals surface area contributed by atoms with E-state index in [0.29, 0.717) is 12.2 Å². The van der Waals surface area contributed by atoms with Gasteiger partial charge in [-0.05, 0) is 24.1 Å². The quantitative estimate of drug-likeness (QED) is 0.582. The summed E-state index contributed by atoms with van der Waals surface area (Å²) in [6.45, 7) is 2.89. The molecule has 0 spiro atoms. The minimum Gasteiger partial charge on any atom is -0.361 e. The molecule has 0 fully saturated rings. The number of nitrogens with one attached hydrogen (secondary N) is 2. The van der Waals surface area contributed by atoms with Crippen LogP contribution in [0.2, 0.25) is 0 Å². The highest BCUT2D eigenvalue weighted by molar-refractivity contribution is 8.03. The summed E-state index contributed by atoms with van der Waals surface area (Å²) in [7, 11) is 1.87. The fourth-order valence-electron chi connectivity index (χ4n) is 3.07. The van der Waals surface area contributed by atoms with Gasteiger partial charge in [0.2, 0.25) is 6.41 Å². The Kier molecular flexibility index (Phi) is 5.48. The van der Waals surface area contributed by atoms with Crippen molar-refractivity contribution in [3.63, 3.8) is 0 Å². The number of benzene rings is 1. The normalized spacial score (nSPS) is 13.3. The Labute approximate surface area is 173 Å². The third-order valence-corrected chi connectivity index (χ3v) is 5.53. The largest absolute Gasteiger partial charge is 0.361 e. The first-order valence-electron chi connectivity index (χ1n) is 9.08. The minimum atomic E-state index is 0.699. The average Bonchev–Trinajstić information content (AvgIpc) is 3.32. The minimum absolute atomic E-state index is 0.699. The SMILES string of the molecule is Cc1cc(-c2cc(Nc3ccn(C)n3)ncn2)ccc1CN1C=C(NC=O)SC1. The lowest BCUT2D eigenvalue weighted by Crippen LogP contribution is -2.13. The van der Waals surface area contributed by atoms with Crippen LogP contribution in [-0.4, -0.2) is 36.9 Å². The molecule has 148 valence electrons. The Bertz CT molecular complexity index is 1060. The standard InChI is InChI=1S/C20H21N7OS/c1-14-7-15(3-4-16(14)9-27-10-20(23-12-28)29-13-27)17-8-19(22-11-21-17)24-18-5-6-26(2)25-18/h3-8,10-12H,9,13H2,1-2H3,(H,23,28)(H,21,22,24,25). The Balaban J connectivity index is 1.49. The van der Waals surface area contributed by atoms with Gasteiger partial charge < -0.3 is 15.5 Å². The molecule has 0 atom stereocenters. The number of aryl methyl sites for hydroxylation is 2. The molecule has 3 heterocycles. The molecular weight excluding hydrogens is 386 g/mol. The van der Waals surface area contributed by atoms with Crippen molar-refractivity contribution >= 4 is 29.8 Å². The predicted octanol–water partition coefficient (Wildman–Crippen LogP) is 2.98. The first kappa shape index (κ1) is 19.0. The Morgan fingerprint density at radius 3 is 2.86 bits per heavy atom. The number of thioether (sulfide) groups is 1. The fraction of sp³-hybridized carbons (Fsp3) is 0.200. The van der Waals surface area contributed by atoms with Crippen LogP contribution in [0, 0.1) is 6.92 Å². The number of anilines is 2. The van der Waals surface area contributed by atoms with E-state index in [2.05, 4.69) is 55.7 Å². The van der Waals surface area contributed by atoms with Crippen LogP contribution in [0.1, 0.15) is 11.1 Å². The first-order chi connectivity index (χ1) is 14.1. The van der Waals surface area contributed by atoms with Crippen molar-refractivity contribution in [3.8, 4) is 11.3 Å². The van der Waals surface area contributed by atoms with E-state index in [1.165, 1.54) is 11.1 Å². The smallest absolute Gasteiger partial charge is 0.211 e. The van der Waals surface area contributed by atoms with Gasteiger partial charge in [-0.3, -0.25) is 9.48 Å². The lowest BCUT2D eigenvalue weighted by Gasteiger charge is -2.16. The number of amides is 1. The Hall–Kier alpha value is -3.33. The molecule has 9 heteroatoms. The van der Waals surface area contributed by atoms with Crippen molar-refractivity contribution < 1.29 is 4.79 Å². The van der Waals surface area contributed by atoms with Crippen LogP contribution in [0.15, 0.2) is 54.1 Å². The molecule has 0 unspecified atom stereocenters. The van der Waals surface area contributed by atoms with Crippen molar-refractivity contribution in [2.75, 3.05) is 11.2 Å².